The van der Waals surface area contributed by atoms with E-state index in [0.717, 1.165) is 19.6 Å². The molecule has 138 valence electrons. The Morgan fingerprint density at radius 3 is 2.58 bits per heavy atom. The Balaban J connectivity index is 1.94. The Labute approximate surface area is 166 Å². The van der Waals surface area contributed by atoms with Gasteiger partial charge in [-0.2, -0.15) is 4.98 Å². The quantitative estimate of drug-likeness (QED) is 0.568. The van der Waals surface area contributed by atoms with Crippen molar-refractivity contribution < 1.29 is 4.74 Å². The number of aromatic nitrogens is 4. The Hall–Kier alpha value is -1.60. The second kappa shape index (κ2) is 8.39. The number of nitrogens with one attached hydrogen (secondary N) is 1. The lowest BCUT2D eigenvalue weighted by Crippen LogP contribution is -2.27. The van der Waals surface area contributed by atoms with E-state index < -0.39 is 0 Å². The van der Waals surface area contributed by atoms with Crippen LogP contribution in [-0.2, 0) is 0 Å². The Morgan fingerprint density at radius 2 is 1.85 bits per heavy atom. The molecule has 0 aliphatic heterocycles. The highest BCUT2D eigenvalue weighted by atomic mass is 35.5. The van der Waals surface area contributed by atoms with Crippen LogP contribution in [0.2, 0.25) is 15.3 Å². The first kappa shape index (κ1) is 19.2. The second-order valence-electron chi connectivity index (χ2n) is 5.58. The molecule has 0 aliphatic carbocycles. The fourth-order valence-corrected chi connectivity index (χ4v) is 3.34. The van der Waals surface area contributed by atoms with Gasteiger partial charge in [-0.1, -0.05) is 37.0 Å². The molecule has 1 N–H and O–H groups in total. The van der Waals surface area contributed by atoms with Crippen LogP contribution >= 0.6 is 34.8 Å². The molecule has 9 heteroatoms. The first-order valence-corrected chi connectivity index (χ1v) is 9.38. The van der Waals surface area contributed by atoms with Crippen molar-refractivity contribution in [2.45, 2.75) is 13.8 Å². The molecule has 0 atom stereocenters. The van der Waals surface area contributed by atoms with Crippen molar-refractivity contribution in [2.75, 3.05) is 26.2 Å². The third-order valence-corrected chi connectivity index (χ3v) is 4.87. The number of rotatable bonds is 7. The van der Waals surface area contributed by atoms with Crippen LogP contribution in [0.3, 0.4) is 0 Å². The summed E-state index contributed by atoms with van der Waals surface area (Å²) >= 11 is 18.7. The highest BCUT2D eigenvalue weighted by molar-refractivity contribution is 6.37. The van der Waals surface area contributed by atoms with Gasteiger partial charge in [-0.25, -0.2) is 9.97 Å². The minimum absolute atomic E-state index is 0.0922. The minimum Gasteiger partial charge on any atom is -0.491 e. The van der Waals surface area contributed by atoms with Gasteiger partial charge in [0.15, 0.2) is 5.65 Å². The lowest BCUT2D eigenvalue weighted by atomic mass is 10.1. The van der Waals surface area contributed by atoms with E-state index in [2.05, 4.69) is 38.7 Å². The molecule has 2 heterocycles. The van der Waals surface area contributed by atoms with Gasteiger partial charge in [-0.05, 0) is 36.8 Å². The molecule has 0 radical (unpaired) electrons. The molecule has 0 fully saturated rings. The zero-order chi connectivity index (χ0) is 18.7. The van der Waals surface area contributed by atoms with Crippen molar-refractivity contribution in [3.05, 3.63) is 33.8 Å². The summed E-state index contributed by atoms with van der Waals surface area (Å²) in [4.78, 5) is 17.8. The SMILES string of the molecule is CCN(CC)CCOc1cc(-c2nc(Cl)nc3nc[nH]c23)c(Cl)cc1Cl. The molecule has 0 saturated heterocycles. The number of hydrogen-bond donors (Lipinski definition) is 1. The van der Waals surface area contributed by atoms with Crippen molar-refractivity contribution in [3.63, 3.8) is 0 Å². The monoisotopic (exact) mass is 413 g/mol. The van der Waals surface area contributed by atoms with Crippen LogP contribution in [0, 0.1) is 0 Å². The lowest BCUT2D eigenvalue weighted by Gasteiger charge is -2.18. The number of ether oxygens (including phenoxy) is 1. The van der Waals surface area contributed by atoms with Gasteiger partial charge in [0.25, 0.3) is 0 Å². The topological polar surface area (TPSA) is 66.9 Å². The number of halogens is 3. The van der Waals surface area contributed by atoms with Crippen LogP contribution in [0.5, 0.6) is 5.75 Å². The molecule has 0 spiro atoms. The molecule has 0 saturated carbocycles. The van der Waals surface area contributed by atoms with Crippen LogP contribution in [0.15, 0.2) is 18.5 Å². The molecule has 0 bridgehead atoms. The molecular weight excluding hydrogens is 397 g/mol. The molecule has 0 amide bonds. The normalized spacial score (nSPS) is 11.5. The van der Waals surface area contributed by atoms with Gasteiger partial charge in [0.2, 0.25) is 5.28 Å². The average molecular weight is 415 g/mol. The van der Waals surface area contributed by atoms with Gasteiger partial charge < -0.3 is 14.6 Å². The van der Waals surface area contributed by atoms with E-state index in [1.165, 1.54) is 6.33 Å². The Bertz CT molecular complexity index is 911. The number of nitrogens with zero attached hydrogens (tertiary/aromatic N) is 4. The second-order valence-corrected chi connectivity index (χ2v) is 6.73. The van der Waals surface area contributed by atoms with Crippen LogP contribution < -0.4 is 4.74 Å². The predicted octanol–water partition coefficient (Wildman–Crippen LogP) is 4.70. The predicted molar refractivity (Wildman–Crippen MR) is 105 cm³/mol. The van der Waals surface area contributed by atoms with E-state index in [-0.39, 0.29) is 5.28 Å². The fourth-order valence-electron chi connectivity index (χ4n) is 2.65. The van der Waals surface area contributed by atoms with Crippen molar-refractivity contribution in [1.29, 1.82) is 0 Å². The number of hydrogen-bond acceptors (Lipinski definition) is 5. The molecule has 26 heavy (non-hydrogen) atoms. The van der Waals surface area contributed by atoms with E-state index in [9.17, 15) is 0 Å². The Morgan fingerprint density at radius 1 is 1.08 bits per heavy atom. The third-order valence-electron chi connectivity index (χ3n) is 4.09. The zero-order valence-corrected chi connectivity index (χ0v) is 16.7. The van der Waals surface area contributed by atoms with Crippen LogP contribution in [0.4, 0.5) is 0 Å². The highest BCUT2D eigenvalue weighted by Crippen LogP contribution is 2.38. The first-order chi connectivity index (χ1) is 12.5. The van der Waals surface area contributed by atoms with E-state index >= 15 is 0 Å². The standard InChI is InChI=1S/C17H18Cl3N5O/c1-3-25(4-2)5-6-26-13-7-10(11(18)8-12(13)19)14-15-16(22-9-21-15)24-17(20)23-14/h7-9H,3-6H2,1-2H3,(H,21,22,23,24). The van der Waals surface area contributed by atoms with Gasteiger partial charge in [0.1, 0.15) is 23.6 Å². The van der Waals surface area contributed by atoms with Crippen LogP contribution in [-0.4, -0.2) is 51.1 Å². The first-order valence-electron chi connectivity index (χ1n) is 8.24. The van der Waals surface area contributed by atoms with Gasteiger partial charge >= 0.3 is 0 Å². The lowest BCUT2D eigenvalue weighted by molar-refractivity contribution is 0.223. The fraction of sp³-hybridized carbons (Fsp3) is 0.353. The molecule has 3 rings (SSSR count). The average Bonchev–Trinajstić information content (AvgIpc) is 3.08. The van der Waals surface area contributed by atoms with Crippen molar-refractivity contribution in [1.82, 2.24) is 24.8 Å². The molecule has 1 aromatic carbocycles. The van der Waals surface area contributed by atoms with Gasteiger partial charge in [-0.15, -0.1) is 0 Å². The third kappa shape index (κ3) is 4.04. The summed E-state index contributed by atoms with van der Waals surface area (Å²) < 4.78 is 5.88. The van der Waals surface area contributed by atoms with Crippen molar-refractivity contribution in [2.24, 2.45) is 0 Å². The number of benzene rings is 1. The van der Waals surface area contributed by atoms with E-state index in [1.807, 2.05) is 0 Å². The van der Waals surface area contributed by atoms with Crippen LogP contribution in [0.1, 0.15) is 13.8 Å². The summed E-state index contributed by atoms with van der Waals surface area (Å²) in [5.41, 5.74) is 2.31. The summed E-state index contributed by atoms with van der Waals surface area (Å²) in [5, 5.41) is 0.977. The number of imidazole rings is 1. The largest absolute Gasteiger partial charge is 0.491 e. The van der Waals surface area contributed by atoms with Gasteiger partial charge in [-0.3, -0.25) is 0 Å². The van der Waals surface area contributed by atoms with Crippen molar-refractivity contribution in [3.8, 4) is 17.0 Å². The van der Waals surface area contributed by atoms with E-state index in [1.54, 1.807) is 12.1 Å². The molecule has 2 aromatic heterocycles. The summed E-state index contributed by atoms with van der Waals surface area (Å²) in [6.45, 7) is 7.50. The molecule has 0 aliphatic rings. The molecule has 0 unspecified atom stereocenters. The van der Waals surface area contributed by atoms with E-state index in [4.69, 9.17) is 39.5 Å². The Kier molecular flexibility index (Phi) is 6.19. The van der Waals surface area contributed by atoms with E-state index in [0.29, 0.717) is 44.8 Å². The minimum atomic E-state index is 0.0922. The number of likely N-dealkylation sites (N-methyl/N-ethyl adjacent to an activating group) is 1. The summed E-state index contributed by atoms with van der Waals surface area (Å²) in [6, 6.07) is 3.41. The van der Waals surface area contributed by atoms with Gasteiger partial charge in [0, 0.05) is 12.1 Å². The summed E-state index contributed by atoms with van der Waals surface area (Å²) in [5.74, 6) is 0.542. The molecule has 6 nitrogen and oxygen atoms in total. The maximum atomic E-state index is 6.40. The zero-order valence-electron chi connectivity index (χ0n) is 14.4. The number of fused-ring (bicyclic) bond motifs is 1. The summed E-state index contributed by atoms with van der Waals surface area (Å²) in [6.07, 6.45) is 1.53. The van der Waals surface area contributed by atoms with Crippen molar-refractivity contribution >= 4 is 46.0 Å². The van der Waals surface area contributed by atoms with Crippen LogP contribution in [0.25, 0.3) is 22.4 Å². The smallest absolute Gasteiger partial charge is 0.225 e. The maximum absolute atomic E-state index is 6.40. The molecular formula is C17H18Cl3N5O. The maximum Gasteiger partial charge on any atom is 0.225 e. The summed E-state index contributed by atoms with van der Waals surface area (Å²) in [7, 11) is 0. The highest BCUT2D eigenvalue weighted by Gasteiger charge is 2.17. The molecule has 3 aromatic rings. The number of aromatic amines is 1. The number of H-pyrrole nitrogens is 1. The van der Waals surface area contributed by atoms with Gasteiger partial charge in [0.05, 0.1) is 16.4 Å².